The highest BCUT2D eigenvalue weighted by Crippen LogP contribution is 2.10. The van der Waals surface area contributed by atoms with Gasteiger partial charge in [0, 0.05) is 6.54 Å². The lowest BCUT2D eigenvalue weighted by Crippen LogP contribution is -2.76. The summed E-state index contributed by atoms with van der Waals surface area (Å²) in [7, 11) is -4.44. The van der Waals surface area contributed by atoms with Gasteiger partial charge in [0.15, 0.2) is 0 Å². The number of rotatable bonds is 8. The van der Waals surface area contributed by atoms with E-state index >= 15 is 0 Å². The molecule has 4 nitrogen and oxygen atoms in total. The monoisotopic (exact) mass is 335 g/mol. The van der Waals surface area contributed by atoms with Crippen LogP contribution >= 0.6 is 0 Å². The highest BCUT2D eigenvalue weighted by atomic mass is 28.3. The number of hydrogen-bond donors (Lipinski definition) is 4. The molecule has 8 heteroatoms. The summed E-state index contributed by atoms with van der Waals surface area (Å²) in [6.07, 6.45) is 0. The van der Waals surface area contributed by atoms with Crippen LogP contribution < -0.4 is 14.9 Å². The Morgan fingerprint density at radius 3 is 1.37 bits per heavy atom. The summed E-state index contributed by atoms with van der Waals surface area (Å²) in [6, 6.07) is 0. The van der Waals surface area contributed by atoms with Crippen molar-refractivity contribution in [2.75, 3.05) is 6.54 Å². The molecular weight excluding hydrogens is 302 g/mol. The first-order valence-electron chi connectivity index (χ1n) is 6.93. The molecule has 0 atom stereocenters. The topological polar surface area (TPSA) is 56.3 Å². The van der Waals surface area contributed by atoms with E-state index in [1.807, 2.05) is 0 Å². The fraction of sp³-hybridized carbons (Fsp3) is 1.00. The van der Waals surface area contributed by atoms with Gasteiger partial charge in [0.05, 0.1) is 5.29 Å². The molecule has 0 rings (SSSR count). The van der Waals surface area contributed by atoms with E-state index < -0.39 is 24.7 Å². The van der Waals surface area contributed by atoms with Crippen molar-refractivity contribution >= 4 is 34.5 Å². The summed E-state index contributed by atoms with van der Waals surface area (Å²) >= 11 is 0. The van der Waals surface area contributed by atoms with Crippen LogP contribution in [-0.4, -0.2) is 51.1 Å². The molecule has 0 aliphatic carbocycles. The first-order chi connectivity index (χ1) is 8.18. The lowest BCUT2D eigenvalue weighted by atomic mass is 10.5. The second-order valence-corrected chi connectivity index (χ2v) is 23.8. The van der Waals surface area contributed by atoms with Crippen molar-refractivity contribution in [2.24, 2.45) is 0 Å². The maximum absolute atomic E-state index is 10.0. The first kappa shape index (κ1) is 19.7. The smallest absolute Gasteiger partial charge is 0.265 e. The van der Waals surface area contributed by atoms with E-state index in [2.05, 4.69) is 73.9 Å². The van der Waals surface area contributed by atoms with Gasteiger partial charge in [-0.1, -0.05) is 58.9 Å². The van der Waals surface area contributed by atoms with Gasteiger partial charge in [0.25, 0.3) is 9.76 Å². The van der Waals surface area contributed by atoms with Crippen LogP contribution in [0.4, 0.5) is 0 Å². The lowest BCUT2D eigenvalue weighted by Gasteiger charge is -2.44. The third-order valence-corrected chi connectivity index (χ3v) is 7.15. The molecule has 0 aromatic carbocycles. The van der Waals surface area contributed by atoms with Crippen LogP contribution in [0.1, 0.15) is 0 Å². The van der Waals surface area contributed by atoms with Crippen LogP contribution in [0.25, 0.3) is 0 Å². The van der Waals surface area contributed by atoms with Crippen molar-refractivity contribution in [1.29, 1.82) is 0 Å². The molecule has 0 aromatic heterocycles. The molecule has 0 unspecified atom stereocenters. The molecule has 0 saturated carbocycles. The van der Waals surface area contributed by atoms with Crippen LogP contribution in [0.15, 0.2) is 0 Å². The van der Waals surface area contributed by atoms with E-state index in [9.17, 15) is 4.80 Å². The van der Waals surface area contributed by atoms with Gasteiger partial charge in [-0.3, -0.25) is 0 Å². The van der Waals surface area contributed by atoms with Gasteiger partial charge in [-0.2, -0.15) is 0 Å². The van der Waals surface area contributed by atoms with Gasteiger partial charge >= 0.3 is 0 Å². The molecule has 0 amide bonds. The maximum atomic E-state index is 10.0. The van der Waals surface area contributed by atoms with Crippen molar-refractivity contribution < 1.29 is 4.80 Å². The predicted octanol–water partition coefficient (Wildman–Crippen LogP) is 1.53. The molecule has 114 valence electrons. The molecule has 0 fully saturated rings. The summed E-state index contributed by atoms with van der Waals surface area (Å²) < 4.78 is 0. The third-order valence-electron chi connectivity index (χ3n) is 2.25. The Morgan fingerprint density at radius 1 is 0.789 bits per heavy atom. The zero-order chi connectivity index (χ0) is 15.5. The normalized spacial score (nSPS) is 14.8. The molecular formula is C11H33N3OSi4. The summed E-state index contributed by atoms with van der Waals surface area (Å²) in [4.78, 5) is 21.2. The molecule has 0 aliphatic rings. The minimum Gasteiger partial charge on any atom is -0.429 e. The van der Waals surface area contributed by atoms with Gasteiger partial charge < -0.3 is 19.7 Å². The molecule has 0 saturated heterocycles. The lowest BCUT2D eigenvalue weighted by molar-refractivity contribution is 0.430. The Morgan fingerprint density at radius 2 is 1.16 bits per heavy atom. The molecule has 4 N–H and O–H groups in total. The highest BCUT2D eigenvalue weighted by molar-refractivity contribution is 6.77. The summed E-state index contributed by atoms with van der Waals surface area (Å²) in [5.41, 5.74) is 0. The minimum absolute atomic E-state index is 0.141. The fourth-order valence-electron chi connectivity index (χ4n) is 1.89. The van der Waals surface area contributed by atoms with Crippen molar-refractivity contribution in [3.8, 4) is 0 Å². The van der Waals surface area contributed by atoms with Crippen molar-refractivity contribution in [3.05, 3.63) is 0 Å². The SMILES string of the molecule is C[Si](C)(C)NCC(N[Si](C)(C)C)(N[Si](C)(C)C)[Si]O. The summed E-state index contributed by atoms with van der Waals surface area (Å²) in [6.45, 7) is 21.4. The van der Waals surface area contributed by atoms with Gasteiger partial charge in [0.1, 0.15) is 24.7 Å². The van der Waals surface area contributed by atoms with Gasteiger partial charge in [-0.15, -0.1) is 0 Å². The molecule has 0 heterocycles. The largest absolute Gasteiger partial charge is 0.429 e. The van der Waals surface area contributed by atoms with Gasteiger partial charge in [0.2, 0.25) is 0 Å². The fourth-order valence-corrected chi connectivity index (χ4v) is 8.72. The molecule has 0 bridgehead atoms. The zero-order valence-corrected chi connectivity index (χ0v) is 18.2. The van der Waals surface area contributed by atoms with Crippen molar-refractivity contribution in [1.82, 2.24) is 14.9 Å². The molecule has 0 aromatic rings. The summed E-state index contributed by atoms with van der Waals surface area (Å²) in [5, 5.41) is -0.352. The van der Waals surface area contributed by atoms with E-state index in [1.165, 1.54) is 0 Å². The Labute approximate surface area is 125 Å². The quantitative estimate of drug-likeness (QED) is 0.401. The van der Waals surface area contributed by atoms with Gasteiger partial charge in [-0.25, -0.2) is 0 Å². The van der Waals surface area contributed by atoms with Crippen LogP contribution in [0.3, 0.4) is 0 Å². The zero-order valence-electron chi connectivity index (χ0n) is 14.2. The van der Waals surface area contributed by atoms with Gasteiger partial charge in [-0.05, 0) is 0 Å². The first-order valence-corrected chi connectivity index (χ1v) is 18.4. The molecule has 19 heavy (non-hydrogen) atoms. The molecule has 2 radical (unpaired) electrons. The number of hydrogen-bond acceptors (Lipinski definition) is 4. The van der Waals surface area contributed by atoms with E-state index in [1.54, 1.807) is 0 Å². The Balaban J connectivity index is 5.07. The highest BCUT2D eigenvalue weighted by Gasteiger charge is 2.39. The van der Waals surface area contributed by atoms with Crippen LogP contribution in [0.5, 0.6) is 0 Å². The average molecular weight is 336 g/mol. The number of nitrogens with one attached hydrogen (secondary N) is 3. The van der Waals surface area contributed by atoms with Crippen LogP contribution in [-0.2, 0) is 0 Å². The minimum atomic E-state index is -1.48. The van der Waals surface area contributed by atoms with Crippen LogP contribution in [0.2, 0.25) is 58.9 Å². The third kappa shape index (κ3) is 10.1. The van der Waals surface area contributed by atoms with E-state index in [0.29, 0.717) is 0 Å². The standard InChI is InChI=1S/C11H33N3OSi4/c1-17(2,3)12-10-11(16-15,13-18(4,5)6)14-19(7,8)9/h12-15H,10H2,1-9H3. The molecule has 0 spiro atoms. The average Bonchev–Trinajstić information content (AvgIpc) is 2.08. The maximum Gasteiger partial charge on any atom is 0.265 e. The Kier molecular flexibility index (Phi) is 6.89. The second-order valence-electron chi connectivity index (χ2n) is 8.37. The van der Waals surface area contributed by atoms with E-state index in [4.69, 9.17) is 0 Å². The summed E-state index contributed by atoms with van der Waals surface area (Å²) in [5.74, 6) is 0. The predicted molar refractivity (Wildman–Crippen MR) is 95.0 cm³/mol. The second kappa shape index (κ2) is 6.65. The van der Waals surface area contributed by atoms with Crippen LogP contribution in [0, 0.1) is 0 Å². The Bertz CT molecular complexity index is 265. The Hall–Kier alpha value is 0.708. The van der Waals surface area contributed by atoms with Crippen molar-refractivity contribution in [2.45, 2.75) is 64.2 Å². The molecule has 0 aliphatic heterocycles. The van der Waals surface area contributed by atoms with Crippen molar-refractivity contribution in [3.63, 3.8) is 0 Å². The van der Waals surface area contributed by atoms with E-state index in [-0.39, 0.29) is 15.0 Å². The van der Waals surface area contributed by atoms with E-state index in [0.717, 1.165) is 6.54 Å².